The first-order chi connectivity index (χ1) is 10.7. The number of carbonyl (C=O) groups is 1. The largest absolute Gasteiger partial charge is 0.480 e. The molecular weight excluding hydrogens is 276 g/mol. The van der Waals surface area contributed by atoms with Crippen molar-refractivity contribution in [3.8, 4) is 0 Å². The molecular formula is C18H16N2O2. The second kappa shape index (κ2) is 6.26. The highest BCUT2D eigenvalue weighted by Gasteiger charge is 2.17. The van der Waals surface area contributed by atoms with Crippen LogP contribution in [0.2, 0.25) is 0 Å². The van der Waals surface area contributed by atoms with E-state index in [9.17, 15) is 9.90 Å². The molecule has 22 heavy (non-hydrogen) atoms. The number of aliphatic carboxylic acids is 1. The van der Waals surface area contributed by atoms with Crippen LogP contribution >= 0.6 is 0 Å². The zero-order valence-corrected chi connectivity index (χ0v) is 11.9. The molecule has 0 saturated carbocycles. The van der Waals surface area contributed by atoms with Crippen molar-refractivity contribution in [2.24, 2.45) is 0 Å². The minimum atomic E-state index is -0.878. The Hall–Kier alpha value is -2.88. The van der Waals surface area contributed by atoms with E-state index in [1.54, 1.807) is 6.20 Å². The zero-order chi connectivity index (χ0) is 15.4. The number of fused-ring (bicyclic) bond motifs is 1. The number of anilines is 1. The van der Waals surface area contributed by atoms with Gasteiger partial charge in [0.05, 0.1) is 17.4 Å². The van der Waals surface area contributed by atoms with Gasteiger partial charge in [-0.2, -0.15) is 0 Å². The summed E-state index contributed by atoms with van der Waals surface area (Å²) < 4.78 is 0. The van der Waals surface area contributed by atoms with Gasteiger partial charge in [0.15, 0.2) is 0 Å². The normalized spacial score (nSPS) is 12.0. The molecule has 2 N–H and O–H groups in total. The van der Waals surface area contributed by atoms with E-state index in [1.807, 2.05) is 60.7 Å². The van der Waals surface area contributed by atoms with Crippen molar-refractivity contribution in [2.45, 2.75) is 12.5 Å². The van der Waals surface area contributed by atoms with Crippen LogP contribution in [0.5, 0.6) is 0 Å². The van der Waals surface area contributed by atoms with Crippen molar-refractivity contribution in [1.29, 1.82) is 0 Å². The maximum atomic E-state index is 11.5. The van der Waals surface area contributed by atoms with E-state index in [-0.39, 0.29) is 0 Å². The molecule has 0 radical (unpaired) electrons. The molecule has 1 heterocycles. The van der Waals surface area contributed by atoms with E-state index in [0.717, 1.165) is 16.5 Å². The molecule has 0 amide bonds. The fourth-order valence-electron chi connectivity index (χ4n) is 2.40. The third-order valence-electron chi connectivity index (χ3n) is 3.51. The molecule has 4 heteroatoms. The molecule has 110 valence electrons. The molecule has 0 fully saturated rings. The lowest BCUT2D eigenvalue weighted by Gasteiger charge is -2.16. The highest BCUT2D eigenvalue weighted by Crippen LogP contribution is 2.17. The van der Waals surface area contributed by atoms with Crippen LogP contribution in [0.25, 0.3) is 10.9 Å². The predicted molar refractivity (Wildman–Crippen MR) is 86.9 cm³/mol. The van der Waals surface area contributed by atoms with Crippen LogP contribution in [0.15, 0.2) is 66.9 Å². The van der Waals surface area contributed by atoms with E-state index in [4.69, 9.17) is 0 Å². The van der Waals surface area contributed by atoms with Gasteiger partial charge in [-0.1, -0.05) is 48.5 Å². The number of rotatable bonds is 5. The number of hydrogen-bond acceptors (Lipinski definition) is 3. The van der Waals surface area contributed by atoms with Gasteiger partial charge in [0.2, 0.25) is 0 Å². The Labute approximate surface area is 128 Å². The summed E-state index contributed by atoms with van der Waals surface area (Å²) in [5, 5.41) is 13.5. The molecule has 1 atom stereocenters. The first kappa shape index (κ1) is 14.1. The number of carboxylic acids is 1. The van der Waals surface area contributed by atoms with Gasteiger partial charge in [0.25, 0.3) is 0 Å². The van der Waals surface area contributed by atoms with Gasteiger partial charge < -0.3 is 10.4 Å². The lowest BCUT2D eigenvalue weighted by molar-refractivity contribution is -0.137. The fourth-order valence-corrected chi connectivity index (χ4v) is 2.40. The average molecular weight is 292 g/mol. The number of aromatic nitrogens is 1. The van der Waals surface area contributed by atoms with Gasteiger partial charge in [-0.05, 0) is 17.7 Å². The predicted octanol–water partition coefficient (Wildman–Crippen LogP) is 3.34. The summed E-state index contributed by atoms with van der Waals surface area (Å²) in [6.07, 6.45) is 2.09. The van der Waals surface area contributed by atoms with Gasteiger partial charge >= 0.3 is 5.97 Å². The second-order valence-electron chi connectivity index (χ2n) is 5.14. The number of pyridine rings is 1. The Morgan fingerprint density at radius 1 is 1.09 bits per heavy atom. The summed E-state index contributed by atoms with van der Waals surface area (Å²) in [4.78, 5) is 15.8. The van der Waals surface area contributed by atoms with Crippen molar-refractivity contribution in [3.05, 3.63) is 72.4 Å². The van der Waals surface area contributed by atoms with Gasteiger partial charge in [0.1, 0.15) is 6.04 Å². The highest BCUT2D eigenvalue weighted by atomic mass is 16.4. The van der Waals surface area contributed by atoms with Gasteiger partial charge in [-0.25, -0.2) is 4.79 Å². The number of nitrogens with zero attached hydrogens (tertiary/aromatic N) is 1. The van der Waals surface area contributed by atoms with Crippen LogP contribution in [0, 0.1) is 0 Å². The monoisotopic (exact) mass is 292 g/mol. The fraction of sp³-hybridized carbons (Fsp3) is 0.111. The minimum Gasteiger partial charge on any atom is -0.480 e. The van der Waals surface area contributed by atoms with Crippen LogP contribution in [0.4, 0.5) is 5.69 Å². The molecule has 2 aromatic carbocycles. The third kappa shape index (κ3) is 3.23. The maximum absolute atomic E-state index is 11.5. The van der Waals surface area contributed by atoms with E-state index in [0.29, 0.717) is 12.1 Å². The molecule has 1 aromatic heterocycles. The standard InChI is InChI=1S/C18H16N2O2/c21-18(22)17(10-13-6-2-1-3-7-13)20-15-11-14-8-4-5-9-16(14)19-12-15/h1-9,11-12,17,20H,10H2,(H,21,22)/t17-/m0/s1. The number of para-hydroxylation sites is 1. The Balaban J connectivity index is 1.81. The number of hydrogen-bond donors (Lipinski definition) is 2. The number of carboxylic acid groups (broad SMARTS) is 1. The number of nitrogens with one attached hydrogen (secondary N) is 1. The quantitative estimate of drug-likeness (QED) is 0.757. The molecule has 0 aliphatic rings. The van der Waals surface area contributed by atoms with Gasteiger partial charge in [0, 0.05) is 11.8 Å². The topological polar surface area (TPSA) is 62.2 Å². The van der Waals surface area contributed by atoms with Crippen molar-refractivity contribution in [2.75, 3.05) is 5.32 Å². The third-order valence-corrected chi connectivity index (χ3v) is 3.51. The van der Waals surface area contributed by atoms with Crippen LogP contribution in [0.3, 0.4) is 0 Å². The van der Waals surface area contributed by atoms with Crippen LogP contribution in [0.1, 0.15) is 5.56 Å². The molecule has 3 aromatic rings. The summed E-state index contributed by atoms with van der Waals surface area (Å²) in [6.45, 7) is 0. The van der Waals surface area contributed by atoms with Crippen LogP contribution in [-0.4, -0.2) is 22.1 Å². The van der Waals surface area contributed by atoms with Crippen LogP contribution < -0.4 is 5.32 Å². The van der Waals surface area contributed by atoms with E-state index in [1.165, 1.54) is 0 Å². The lowest BCUT2D eigenvalue weighted by atomic mass is 10.1. The first-order valence-corrected chi connectivity index (χ1v) is 7.10. The Kier molecular flexibility index (Phi) is 4.01. The van der Waals surface area contributed by atoms with E-state index >= 15 is 0 Å². The van der Waals surface area contributed by atoms with E-state index in [2.05, 4.69) is 10.3 Å². The van der Waals surface area contributed by atoms with Crippen molar-refractivity contribution in [3.63, 3.8) is 0 Å². The highest BCUT2D eigenvalue weighted by molar-refractivity contribution is 5.83. The Bertz CT molecular complexity index is 787. The van der Waals surface area contributed by atoms with Crippen molar-refractivity contribution >= 4 is 22.6 Å². The van der Waals surface area contributed by atoms with Gasteiger partial charge in [-0.15, -0.1) is 0 Å². The molecule has 4 nitrogen and oxygen atoms in total. The minimum absolute atomic E-state index is 0.420. The Morgan fingerprint density at radius 2 is 1.82 bits per heavy atom. The maximum Gasteiger partial charge on any atom is 0.326 e. The second-order valence-corrected chi connectivity index (χ2v) is 5.14. The van der Waals surface area contributed by atoms with E-state index < -0.39 is 12.0 Å². The summed E-state index contributed by atoms with van der Waals surface area (Å²) >= 11 is 0. The molecule has 0 bridgehead atoms. The molecule has 0 unspecified atom stereocenters. The SMILES string of the molecule is O=C(O)[C@H](Cc1ccccc1)Nc1cnc2ccccc2c1. The molecule has 0 aliphatic carbocycles. The van der Waals surface area contributed by atoms with Crippen molar-refractivity contribution < 1.29 is 9.90 Å². The summed E-state index contributed by atoms with van der Waals surface area (Å²) in [6, 6.07) is 18.6. The zero-order valence-electron chi connectivity index (χ0n) is 11.9. The first-order valence-electron chi connectivity index (χ1n) is 7.10. The van der Waals surface area contributed by atoms with Crippen LogP contribution in [-0.2, 0) is 11.2 Å². The summed E-state index contributed by atoms with van der Waals surface area (Å²) in [5.74, 6) is -0.878. The smallest absolute Gasteiger partial charge is 0.326 e. The molecule has 3 rings (SSSR count). The summed E-state index contributed by atoms with van der Waals surface area (Å²) in [7, 11) is 0. The average Bonchev–Trinajstić information content (AvgIpc) is 2.55. The lowest BCUT2D eigenvalue weighted by Crippen LogP contribution is -2.31. The van der Waals surface area contributed by atoms with Gasteiger partial charge in [-0.3, -0.25) is 4.98 Å². The Morgan fingerprint density at radius 3 is 2.59 bits per heavy atom. The number of benzene rings is 2. The molecule has 0 aliphatic heterocycles. The molecule has 0 spiro atoms. The molecule has 0 saturated heterocycles. The van der Waals surface area contributed by atoms with Crippen molar-refractivity contribution in [1.82, 2.24) is 4.98 Å². The summed E-state index contributed by atoms with van der Waals surface area (Å²) in [5.41, 5.74) is 2.58.